The van der Waals surface area contributed by atoms with E-state index < -0.39 is 47.0 Å². The number of ether oxygens (including phenoxy) is 4. The molecule has 0 N–H and O–H groups in total. The first-order valence-corrected chi connectivity index (χ1v) is 31.5. The van der Waals surface area contributed by atoms with Crippen molar-refractivity contribution in [3.63, 3.8) is 0 Å². The third kappa shape index (κ3) is 22.2. The molecule has 0 saturated carbocycles. The fraction of sp³-hybridized carbons (Fsp3) is 0.378. The minimum atomic E-state index is -0.989. The number of carbonyl (C=O) groups is 4. The second kappa shape index (κ2) is 35.8. The lowest BCUT2D eigenvalue weighted by Crippen LogP contribution is -2.13. The Hall–Kier alpha value is -7.43. The lowest BCUT2D eigenvalue weighted by atomic mass is 10.00. The molecule has 0 saturated heterocycles. The van der Waals surface area contributed by atoms with E-state index in [1.165, 1.54) is 196 Å². The van der Waals surface area contributed by atoms with E-state index in [1.807, 2.05) is 24.3 Å². The van der Waals surface area contributed by atoms with Gasteiger partial charge in [0.25, 0.3) is 0 Å². The molecule has 0 heterocycles. The monoisotopic (exact) mass is 1170 g/mol. The highest BCUT2D eigenvalue weighted by Gasteiger charge is 2.20. The average molecular weight is 1170 g/mol. The normalized spacial score (nSPS) is 11.1. The van der Waals surface area contributed by atoms with Crippen molar-refractivity contribution in [3.8, 4) is 45.3 Å². The van der Waals surface area contributed by atoms with E-state index >= 15 is 8.78 Å². The van der Waals surface area contributed by atoms with Crippen molar-refractivity contribution in [1.82, 2.24) is 0 Å². The van der Waals surface area contributed by atoms with Gasteiger partial charge in [0, 0.05) is 11.1 Å². The lowest BCUT2D eigenvalue weighted by Gasteiger charge is -2.11. The Bertz CT molecular complexity index is 2980. The van der Waals surface area contributed by atoms with Crippen LogP contribution in [0.15, 0.2) is 152 Å². The predicted molar refractivity (Wildman–Crippen MR) is 337 cm³/mol. The molecule has 8 nitrogen and oxygen atoms in total. The summed E-state index contributed by atoms with van der Waals surface area (Å²) >= 11 is 6.28. The first-order chi connectivity index (χ1) is 41.5. The Morgan fingerprint density at radius 1 is 0.318 bits per heavy atom. The van der Waals surface area contributed by atoms with Crippen LogP contribution in [0.5, 0.6) is 23.0 Å². The molecule has 0 aromatic heterocycles. The Kier molecular flexibility index (Phi) is 27.4. The number of aryl methyl sites for hydroxylation is 2. The molecule has 0 aliphatic carbocycles. The zero-order chi connectivity index (χ0) is 60.0. The zero-order valence-corrected chi connectivity index (χ0v) is 50.5. The van der Waals surface area contributed by atoms with Gasteiger partial charge in [0.05, 0.1) is 22.3 Å². The molecule has 448 valence electrons. The van der Waals surface area contributed by atoms with Crippen molar-refractivity contribution >= 4 is 35.5 Å². The van der Waals surface area contributed by atoms with E-state index in [0.717, 1.165) is 59.4 Å². The summed E-state index contributed by atoms with van der Waals surface area (Å²) < 4.78 is 52.2. The number of rotatable bonds is 36. The van der Waals surface area contributed by atoms with E-state index in [4.69, 9.17) is 30.5 Å². The Morgan fingerprint density at radius 2 is 0.588 bits per heavy atom. The van der Waals surface area contributed by atoms with E-state index in [9.17, 15) is 19.2 Å². The molecule has 85 heavy (non-hydrogen) atoms. The fourth-order valence-corrected chi connectivity index (χ4v) is 10.6. The second-order valence-corrected chi connectivity index (χ2v) is 22.7. The first-order valence-electron chi connectivity index (χ1n) is 31.1. The van der Waals surface area contributed by atoms with Crippen LogP contribution < -0.4 is 18.9 Å². The third-order valence-electron chi connectivity index (χ3n) is 15.5. The molecular formula is C74H83ClF2O8. The first kappa shape index (κ1) is 65.1. The topological polar surface area (TPSA) is 105 Å². The summed E-state index contributed by atoms with van der Waals surface area (Å²) in [5.41, 5.74) is 6.45. The molecule has 0 radical (unpaired) electrons. The maximum Gasteiger partial charge on any atom is 0.343 e. The summed E-state index contributed by atoms with van der Waals surface area (Å²) in [6.45, 7) is 4.52. The Labute approximate surface area is 507 Å². The molecule has 0 amide bonds. The Balaban J connectivity index is 0.813. The van der Waals surface area contributed by atoms with Gasteiger partial charge in [0.15, 0.2) is 23.1 Å². The van der Waals surface area contributed by atoms with E-state index in [1.54, 1.807) is 24.3 Å². The van der Waals surface area contributed by atoms with Crippen LogP contribution in [0, 0.1) is 11.6 Å². The van der Waals surface area contributed by atoms with Crippen molar-refractivity contribution in [1.29, 1.82) is 0 Å². The van der Waals surface area contributed by atoms with Crippen LogP contribution in [-0.4, -0.2) is 23.9 Å². The molecule has 0 unspecified atom stereocenters. The SMILES string of the molecule is CCCCCCCCCCCCCCc1ccc(-c2ccc(C(=O)Oc3ccc(C(=O)Oc4cc(Cl)cc(OC(=O)c5ccc(OC(=O)c6ccc(-c7ccc(CCCCCCCCCCCCCC)cc7)cc6)c(F)c5)c4)cc3F)cc2)cc1. The van der Waals surface area contributed by atoms with Crippen LogP contribution in [0.2, 0.25) is 5.02 Å². The molecule has 7 aromatic rings. The van der Waals surface area contributed by atoms with E-state index in [2.05, 4.69) is 62.4 Å². The van der Waals surface area contributed by atoms with Gasteiger partial charge < -0.3 is 18.9 Å². The molecule has 0 bridgehead atoms. The van der Waals surface area contributed by atoms with E-state index in [-0.39, 0.29) is 38.8 Å². The van der Waals surface area contributed by atoms with Gasteiger partial charge in [0.1, 0.15) is 11.5 Å². The maximum absolute atomic E-state index is 15.3. The molecule has 0 fully saturated rings. The number of hydrogen-bond donors (Lipinski definition) is 0. The summed E-state index contributed by atoms with van der Waals surface area (Å²) in [4.78, 5) is 52.5. The van der Waals surface area contributed by atoms with Gasteiger partial charge in [-0.25, -0.2) is 28.0 Å². The van der Waals surface area contributed by atoms with Crippen LogP contribution in [0.1, 0.15) is 221 Å². The molecule has 11 heteroatoms. The minimum absolute atomic E-state index is 0.0206. The van der Waals surface area contributed by atoms with Gasteiger partial charge in [-0.05, 0) is 132 Å². The summed E-state index contributed by atoms with van der Waals surface area (Å²) in [7, 11) is 0. The highest BCUT2D eigenvalue weighted by molar-refractivity contribution is 6.31. The maximum atomic E-state index is 15.3. The second-order valence-electron chi connectivity index (χ2n) is 22.3. The average Bonchev–Trinajstić information content (AvgIpc) is 3.65. The van der Waals surface area contributed by atoms with Crippen LogP contribution in [-0.2, 0) is 12.8 Å². The number of carbonyl (C=O) groups excluding carboxylic acids is 4. The van der Waals surface area contributed by atoms with Crippen LogP contribution in [0.4, 0.5) is 8.78 Å². The van der Waals surface area contributed by atoms with Crippen molar-refractivity contribution in [2.24, 2.45) is 0 Å². The highest BCUT2D eigenvalue weighted by Crippen LogP contribution is 2.31. The van der Waals surface area contributed by atoms with Crippen LogP contribution in [0.3, 0.4) is 0 Å². The van der Waals surface area contributed by atoms with Crippen molar-refractivity contribution in [2.75, 3.05) is 0 Å². The number of halogens is 3. The quantitative estimate of drug-likeness (QED) is 0.0217. The number of hydrogen-bond acceptors (Lipinski definition) is 8. The highest BCUT2D eigenvalue weighted by atomic mass is 35.5. The van der Waals surface area contributed by atoms with Crippen LogP contribution >= 0.6 is 11.6 Å². The molecule has 7 rings (SSSR count). The van der Waals surface area contributed by atoms with E-state index in [0.29, 0.717) is 0 Å². The number of esters is 4. The molecule has 0 spiro atoms. The molecule has 0 aliphatic rings. The van der Waals surface area contributed by atoms with Gasteiger partial charge in [-0.2, -0.15) is 0 Å². The standard InChI is InChI=1S/C74H83ClF2O8/c1-3-5-7-9-11-13-15-17-19-21-23-25-27-54-29-33-56(34-30-54)58-37-41-60(42-38-58)71(78)84-69-47-45-62(49-67(69)76)73(80)82-65-51-64(75)52-66(53-65)83-74(81)63-46-48-70(68(77)50-63)85-72(79)61-43-39-59(40-44-61)57-35-31-55(32-36-57)28-26-24-22-20-18-16-14-12-10-8-6-4-2/h29-53H,3-28H2,1-2H3. The molecule has 7 aromatic carbocycles. The summed E-state index contributed by atoms with van der Waals surface area (Å²) in [6.07, 6.45) is 33.8. The smallest absolute Gasteiger partial charge is 0.343 e. The fourth-order valence-electron chi connectivity index (χ4n) is 10.4. The number of benzene rings is 7. The minimum Gasteiger partial charge on any atom is -0.423 e. The van der Waals surface area contributed by atoms with Crippen molar-refractivity contribution in [2.45, 2.75) is 181 Å². The third-order valence-corrected chi connectivity index (χ3v) is 15.7. The van der Waals surface area contributed by atoms with Gasteiger partial charge in [0.2, 0.25) is 0 Å². The van der Waals surface area contributed by atoms with Gasteiger partial charge in [-0.1, -0.05) is 240 Å². The van der Waals surface area contributed by atoms with Gasteiger partial charge in [-0.3, -0.25) is 0 Å². The van der Waals surface area contributed by atoms with Gasteiger partial charge >= 0.3 is 23.9 Å². The Morgan fingerprint density at radius 3 is 0.894 bits per heavy atom. The largest absolute Gasteiger partial charge is 0.423 e. The summed E-state index contributed by atoms with van der Waals surface area (Å²) in [6, 6.07) is 40.9. The predicted octanol–water partition coefficient (Wildman–Crippen LogP) is 21.3. The van der Waals surface area contributed by atoms with Crippen molar-refractivity contribution in [3.05, 3.63) is 202 Å². The molecule has 0 atom stereocenters. The lowest BCUT2D eigenvalue weighted by molar-refractivity contribution is 0.0716. The molecule has 0 aliphatic heterocycles. The zero-order valence-electron chi connectivity index (χ0n) is 49.7. The van der Waals surface area contributed by atoms with Crippen LogP contribution in [0.25, 0.3) is 22.3 Å². The summed E-state index contributed by atoms with van der Waals surface area (Å²) in [5, 5.41) is 0.0206. The number of unbranched alkanes of at least 4 members (excludes halogenated alkanes) is 22. The summed E-state index contributed by atoms with van der Waals surface area (Å²) in [5.74, 6) is -6.59. The van der Waals surface area contributed by atoms with Crippen molar-refractivity contribution < 1.29 is 46.9 Å². The van der Waals surface area contributed by atoms with Gasteiger partial charge in [-0.15, -0.1) is 0 Å². The molecular weight excluding hydrogens is 1090 g/mol.